The Balaban J connectivity index is 1.66. The lowest BCUT2D eigenvalue weighted by Gasteiger charge is -2.20. The van der Waals surface area contributed by atoms with Gasteiger partial charge in [0.05, 0.1) is 5.56 Å². The summed E-state index contributed by atoms with van der Waals surface area (Å²) in [5.41, 5.74) is 1.14. The average molecular weight is 358 g/mol. The first-order valence-electron chi connectivity index (χ1n) is 7.85. The predicted molar refractivity (Wildman–Crippen MR) is 92.2 cm³/mol. The minimum atomic E-state index is -3.86. The second kappa shape index (κ2) is 6.68. The van der Waals surface area contributed by atoms with Crippen LogP contribution in [0.15, 0.2) is 59.5 Å². The Labute approximate surface area is 146 Å². The first kappa shape index (κ1) is 17.2. The molecule has 0 saturated carbocycles. The number of benzene rings is 2. The fourth-order valence-electron chi connectivity index (χ4n) is 2.79. The van der Waals surface area contributed by atoms with E-state index in [1.54, 1.807) is 19.2 Å². The Hall–Kier alpha value is -2.67. The molecule has 3 rings (SSSR count). The largest absolute Gasteiger partial charge is 0.341 e. The van der Waals surface area contributed by atoms with Gasteiger partial charge in [-0.3, -0.25) is 9.59 Å². The Morgan fingerprint density at radius 2 is 1.68 bits per heavy atom. The second-order valence-corrected chi connectivity index (χ2v) is 7.69. The zero-order chi connectivity index (χ0) is 18.0. The van der Waals surface area contributed by atoms with Gasteiger partial charge in [0.1, 0.15) is 4.90 Å². The maximum absolute atomic E-state index is 12.4. The standard InChI is InChI=1S/C18H18N2O4S/c1-19(13-14-7-3-2-4-8-14)17(21)11-12-20-18(22)15-9-5-6-10-16(15)25(20,23)24/h2-10H,11-13H2,1H3. The third-order valence-corrected chi connectivity index (χ3v) is 5.97. The lowest BCUT2D eigenvalue weighted by Crippen LogP contribution is -2.35. The molecule has 7 heteroatoms. The molecule has 2 amide bonds. The van der Waals surface area contributed by atoms with Gasteiger partial charge in [-0.15, -0.1) is 0 Å². The molecule has 0 saturated heterocycles. The van der Waals surface area contributed by atoms with E-state index in [-0.39, 0.29) is 29.3 Å². The van der Waals surface area contributed by atoms with Crippen molar-refractivity contribution in [1.82, 2.24) is 9.21 Å². The van der Waals surface area contributed by atoms with Crippen LogP contribution in [0.3, 0.4) is 0 Å². The summed E-state index contributed by atoms with van der Waals surface area (Å²) in [6.45, 7) is 0.272. The van der Waals surface area contributed by atoms with E-state index < -0.39 is 15.9 Å². The van der Waals surface area contributed by atoms with Gasteiger partial charge in [0.25, 0.3) is 15.9 Å². The van der Waals surface area contributed by atoms with Gasteiger partial charge in [-0.2, -0.15) is 0 Å². The number of hydrogen-bond acceptors (Lipinski definition) is 4. The molecule has 25 heavy (non-hydrogen) atoms. The van der Waals surface area contributed by atoms with E-state index >= 15 is 0 Å². The number of carbonyl (C=O) groups is 2. The van der Waals surface area contributed by atoms with Crippen LogP contribution in [0.5, 0.6) is 0 Å². The summed E-state index contributed by atoms with van der Waals surface area (Å²) in [6, 6.07) is 15.6. The van der Waals surface area contributed by atoms with Crippen LogP contribution in [0.25, 0.3) is 0 Å². The molecule has 1 aliphatic heterocycles. The van der Waals surface area contributed by atoms with Crippen molar-refractivity contribution in [2.24, 2.45) is 0 Å². The van der Waals surface area contributed by atoms with E-state index in [0.29, 0.717) is 6.54 Å². The highest BCUT2D eigenvalue weighted by atomic mass is 32.2. The number of rotatable bonds is 5. The van der Waals surface area contributed by atoms with Crippen molar-refractivity contribution in [3.63, 3.8) is 0 Å². The van der Waals surface area contributed by atoms with Gasteiger partial charge < -0.3 is 4.90 Å². The van der Waals surface area contributed by atoms with Crippen molar-refractivity contribution >= 4 is 21.8 Å². The number of carbonyl (C=O) groups excluding carboxylic acids is 2. The lowest BCUT2D eigenvalue weighted by atomic mass is 10.2. The number of amides is 2. The SMILES string of the molecule is CN(Cc1ccccc1)C(=O)CCN1C(=O)c2ccccc2S1(=O)=O. The summed E-state index contributed by atoms with van der Waals surface area (Å²) in [4.78, 5) is 26.1. The van der Waals surface area contributed by atoms with Crippen molar-refractivity contribution in [1.29, 1.82) is 0 Å². The molecule has 0 atom stereocenters. The molecule has 0 N–H and O–H groups in total. The van der Waals surface area contributed by atoms with Gasteiger partial charge in [-0.25, -0.2) is 12.7 Å². The number of nitrogens with zero attached hydrogens (tertiary/aromatic N) is 2. The van der Waals surface area contributed by atoms with Crippen molar-refractivity contribution < 1.29 is 18.0 Å². The fraction of sp³-hybridized carbons (Fsp3) is 0.222. The van der Waals surface area contributed by atoms with Gasteiger partial charge in [-0.1, -0.05) is 42.5 Å². The van der Waals surface area contributed by atoms with Crippen molar-refractivity contribution in [2.45, 2.75) is 17.9 Å². The highest BCUT2D eigenvalue weighted by Gasteiger charge is 2.40. The normalized spacial score (nSPS) is 15.1. The molecule has 130 valence electrons. The van der Waals surface area contributed by atoms with E-state index in [0.717, 1.165) is 9.87 Å². The molecule has 0 spiro atoms. The Kier molecular flexibility index (Phi) is 4.59. The summed E-state index contributed by atoms with van der Waals surface area (Å²) in [7, 11) is -2.21. The summed E-state index contributed by atoms with van der Waals surface area (Å²) < 4.78 is 25.7. The molecule has 0 radical (unpaired) electrons. The van der Waals surface area contributed by atoms with Gasteiger partial charge in [0.2, 0.25) is 5.91 Å². The first-order chi connectivity index (χ1) is 11.9. The molecule has 1 heterocycles. The van der Waals surface area contributed by atoms with E-state index in [1.807, 2.05) is 30.3 Å². The maximum atomic E-state index is 12.4. The molecule has 6 nitrogen and oxygen atoms in total. The van der Waals surface area contributed by atoms with Gasteiger partial charge in [-0.05, 0) is 17.7 Å². The van der Waals surface area contributed by atoms with Crippen LogP contribution < -0.4 is 0 Å². The van der Waals surface area contributed by atoms with Gasteiger partial charge >= 0.3 is 0 Å². The van der Waals surface area contributed by atoms with Crippen LogP contribution in [0.4, 0.5) is 0 Å². The van der Waals surface area contributed by atoms with Gasteiger partial charge in [0, 0.05) is 26.6 Å². The Morgan fingerprint density at radius 3 is 2.36 bits per heavy atom. The van der Waals surface area contributed by atoms with E-state index in [2.05, 4.69) is 0 Å². The molecule has 2 aromatic carbocycles. The van der Waals surface area contributed by atoms with Crippen LogP contribution in [0.2, 0.25) is 0 Å². The van der Waals surface area contributed by atoms with Gasteiger partial charge in [0.15, 0.2) is 0 Å². The van der Waals surface area contributed by atoms with Crippen LogP contribution in [-0.4, -0.2) is 43.0 Å². The molecule has 0 aromatic heterocycles. The maximum Gasteiger partial charge on any atom is 0.269 e. The summed E-state index contributed by atoms with van der Waals surface area (Å²) in [5, 5.41) is 0. The van der Waals surface area contributed by atoms with Crippen LogP contribution in [0.1, 0.15) is 22.3 Å². The fourth-order valence-corrected chi connectivity index (χ4v) is 4.36. The zero-order valence-electron chi connectivity index (χ0n) is 13.8. The van der Waals surface area contributed by atoms with Crippen molar-refractivity contribution in [2.75, 3.05) is 13.6 Å². The second-order valence-electron chi connectivity index (χ2n) is 5.86. The highest BCUT2D eigenvalue weighted by Crippen LogP contribution is 2.29. The van der Waals surface area contributed by atoms with E-state index in [4.69, 9.17) is 0 Å². The van der Waals surface area contributed by atoms with Crippen molar-refractivity contribution in [3.05, 3.63) is 65.7 Å². The third-order valence-electron chi connectivity index (χ3n) is 4.13. The minimum absolute atomic E-state index is 0.00471. The molecule has 1 aliphatic rings. The Bertz CT molecular complexity index is 910. The third kappa shape index (κ3) is 3.28. The molecular formula is C18H18N2O4S. The highest BCUT2D eigenvalue weighted by molar-refractivity contribution is 7.90. The molecule has 0 bridgehead atoms. The Morgan fingerprint density at radius 1 is 1.04 bits per heavy atom. The molecular weight excluding hydrogens is 340 g/mol. The summed E-state index contributed by atoms with van der Waals surface area (Å²) in [6.07, 6.45) is -0.0533. The average Bonchev–Trinajstić information content (AvgIpc) is 2.80. The van der Waals surface area contributed by atoms with Crippen molar-refractivity contribution in [3.8, 4) is 0 Å². The molecule has 0 aliphatic carbocycles. The smallest absolute Gasteiger partial charge is 0.269 e. The van der Waals surface area contributed by atoms with Crippen LogP contribution in [-0.2, 0) is 21.4 Å². The topological polar surface area (TPSA) is 74.8 Å². The molecule has 2 aromatic rings. The molecule has 0 unspecified atom stereocenters. The van der Waals surface area contributed by atoms with Crippen LogP contribution in [0, 0.1) is 0 Å². The van der Waals surface area contributed by atoms with Crippen LogP contribution >= 0.6 is 0 Å². The number of sulfonamides is 1. The summed E-state index contributed by atoms with van der Waals surface area (Å²) >= 11 is 0. The minimum Gasteiger partial charge on any atom is -0.341 e. The number of hydrogen-bond donors (Lipinski definition) is 0. The predicted octanol–water partition coefficient (Wildman–Crippen LogP) is 1.88. The van der Waals surface area contributed by atoms with E-state index in [1.165, 1.54) is 17.0 Å². The monoisotopic (exact) mass is 358 g/mol. The molecule has 0 fully saturated rings. The zero-order valence-corrected chi connectivity index (χ0v) is 14.6. The quantitative estimate of drug-likeness (QED) is 0.818. The first-order valence-corrected chi connectivity index (χ1v) is 9.29. The lowest BCUT2D eigenvalue weighted by molar-refractivity contribution is -0.130. The summed E-state index contributed by atoms with van der Waals surface area (Å²) in [5.74, 6) is -0.795. The van der Waals surface area contributed by atoms with E-state index in [9.17, 15) is 18.0 Å². The number of fused-ring (bicyclic) bond motifs is 1.